The Labute approximate surface area is 184 Å². The molecule has 6 heteroatoms. The molecule has 1 aliphatic rings. The first-order valence-electron chi connectivity index (χ1n) is 10.0. The van der Waals surface area contributed by atoms with Crippen molar-refractivity contribution in [2.75, 3.05) is 0 Å². The molecule has 1 amide bonds. The van der Waals surface area contributed by atoms with E-state index in [1.807, 2.05) is 72.5 Å². The molecule has 1 unspecified atom stereocenters. The molecule has 2 heterocycles. The molecule has 1 aromatic heterocycles. The number of nitrogens with zero attached hydrogens (tertiary/aromatic N) is 2. The van der Waals surface area contributed by atoms with Gasteiger partial charge in [-0.25, -0.2) is 0 Å². The van der Waals surface area contributed by atoms with E-state index in [1.54, 1.807) is 12.1 Å². The third-order valence-corrected chi connectivity index (χ3v) is 5.93. The summed E-state index contributed by atoms with van der Waals surface area (Å²) >= 11 is 6.04. The van der Waals surface area contributed by atoms with E-state index in [2.05, 4.69) is 10.2 Å². The van der Waals surface area contributed by atoms with Crippen molar-refractivity contribution in [2.45, 2.75) is 19.5 Å². The summed E-state index contributed by atoms with van der Waals surface area (Å²) in [6, 6.07) is 22.4. The van der Waals surface area contributed by atoms with Gasteiger partial charge < -0.3 is 10.0 Å². The van der Waals surface area contributed by atoms with Crippen molar-refractivity contribution in [1.29, 1.82) is 0 Å². The van der Waals surface area contributed by atoms with Crippen molar-refractivity contribution in [2.24, 2.45) is 0 Å². The Bertz CT molecular complexity index is 1260. The number of halogens is 1. The average molecular weight is 430 g/mol. The number of amides is 1. The number of aromatic nitrogens is 2. The van der Waals surface area contributed by atoms with Gasteiger partial charge in [0, 0.05) is 22.7 Å². The summed E-state index contributed by atoms with van der Waals surface area (Å²) < 4.78 is 0. The highest BCUT2D eigenvalue weighted by molar-refractivity contribution is 6.30. The zero-order valence-electron chi connectivity index (χ0n) is 16.8. The lowest BCUT2D eigenvalue weighted by atomic mass is 9.95. The Morgan fingerprint density at radius 2 is 1.74 bits per heavy atom. The van der Waals surface area contributed by atoms with E-state index in [1.165, 1.54) is 0 Å². The molecule has 1 atom stereocenters. The molecular weight excluding hydrogens is 410 g/mol. The largest absolute Gasteiger partial charge is 0.507 e. The first-order chi connectivity index (χ1) is 15.0. The highest BCUT2D eigenvalue weighted by atomic mass is 35.5. The standard InChI is InChI=1S/C25H20ClN3O2/c1-15-6-10-17(11-7-15)24-21-22(19-4-2-3-5-20(19)30)27-28-23(21)25(31)29(24)14-16-8-12-18(26)13-9-16/h2-13,24,30H,14H2,1H3,(H,27,28). The van der Waals surface area contributed by atoms with Crippen LogP contribution in [0.25, 0.3) is 11.3 Å². The number of H-pyrrole nitrogens is 1. The van der Waals surface area contributed by atoms with Gasteiger partial charge in [-0.3, -0.25) is 9.89 Å². The number of aromatic hydroxyl groups is 1. The number of para-hydroxylation sites is 1. The van der Waals surface area contributed by atoms with Crippen LogP contribution in [0.15, 0.2) is 72.8 Å². The lowest BCUT2D eigenvalue weighted by Gasteiger charge is -2.26. The van der Waals surface area contributed by atoms with Gasteiger partial charge in [-0.2, -0.15) is 5.10 Å². The monoisotopic (exact) mass is 429 g/mol. The molecular formula is C25H20ClN3O2. The van der Waals surface area contributed by atoms with Crippen LogP contribution in [0.1, 0.15) is 38.8 Å². The maximum absolute atomic E-state index is 13.4. The smallest absolute Gasteiger partial charge is 0.273 e. The normalized spacial score (nSPS) is 15.4. The van der Waals surface area contributed by atoms with E-state index in [0.29, 0.717) is 28.5 Å². The SMILES string of the molecule is Cc1ccc(C2c3c(-c4ccccc4O)n[nH]c3C(=O)N2Cc2ccc(Cl)cc2)cc1. The van der Waals surface area contributed by atoms with Crippen molar-refractivity contribution < 1.29 is 9.90 Å². The number of fused-ring (bicyclic) bond motifs is 1. The van der Waals surface area contributed by atoms with Gasteiger partial charge in [0.2, 0.25) is 0 Å². The third kappa shape index (κ3) is 3.37. The number of hydrogen-bond donors (Lipinski definition) is 2. The Hall–Kier alpha value is -3.57. The predicted octanol–water partition coefficient (Wildman–Crippen LogP) is 5.49. The number of aromatic amines is 1. The van der Waals surface area contributed by atoms with Crippen molar-refractivity contribution in [3.05, 3.63) is 106 Å². The number of carbonyl (C=O) groups excluding carboxylic acids is 1. The molecule has 5 rings (SSSR count). The molecule has 0 aliphatic carbocycles. The molecule has 4 aromatic rings. The lowest BCUT2D eigenvalue weighted by Crippen LogP contribution is -2.29. The Morgan fingerprint density at radius 1 is 1.03 bits per heavy atom. The summed E-state index contributed by atoms with van der Waals surface area (Å²) in [5.74, 6) is 0.00718. The molecule has 1 aliphatic heterocycles. The summed E-state index contributed by atoms with van der Waals surface area (Å²) in [7, 11) is 0. The molecule has 0 saturated carbocycles. The van der Waals surface area contributed by atoms with Crippen LogP contribution in [0.3, 0.4) is 0 Å². The van der Waals surface area contributed by atoms with E-state index < -0.39 is 0 Å². The van der Waals surface area contributed by atoms with E-state index in [0.717, 1.165) is 22.3 Å². The van der Waals surface area contributed by atoms with Crippen molar-refractivity contribution >= 4 is 17.5 Å². The Kier molecular flexibility index (Phi) is 4.75. The zero-order valence-corrected chi connectivity index (χ0v) is 17.6. The molecule has 0 radical (unpaired) electrons. The molecule has 0 spiro atoms. The van der Waals surface area contributed by atoms with E-state index in [9.17, 15) is 9.90 Å². The fourth-order valence-corrected chi connectivity index (χ4v) is 4.25. The maximum atomic E-state index is 13.4. The number of nitrogens with one attached hydrogen (secondary N) is 1. The molecule has 5 nitrogen and oxygen atoms in total. The van der Waals surface area contributed by atoms with Crippen LogP contribution in [0, 0.1) is 6.92 Å². The topological polar surface area (TPSA) is 69.2 Å². The zero-order chi connectivity index (χ0) is 21.5. The Balaban J connectivity index is 1.65. The summed E-state index contributed by atoms with van der Waals surface area (Å²) in [4.78, 5) is 15.2. The fraction of sp³-hybridized carbons (Fsp3) is 0.120. The van der Waals surface area contributed by atoms with Gasteiger partial charge in [0.25, 0.3) is 5.91 Å². The molecule has 3 aromatic carbocycles. The van der Waals surface area contributed by atoms with Gasteiger partial charge >= 0.3 is 0 Å². The second-order valence-corrected chi connectivity index (χ2v) is 8.19. The quantitative estimate of drug-likeness (QED) is 0.450. The number of aryl methyl sites for hydroxylation is 1. The minimum atomic E-state index is -0.327. The summed E-state index contributed by atoms with van der Waals surface area (Å²) in [6.45, 7) is 2.46. The predicted molar refractivity (Wildman–Crippen MR) is 120 cm³/mol. The number of rotatable bonds is 4. The van der Waals surface area contributed by atoms with Crippen LogP contribution in [-0.4, -0.2) is 26.1 Å². The van der Waals surface area contributed by atoms with E-state index in [-0.39, 0.29) is 17.7 Å². The van der Waals surface area contributed by atoms with Crippen LogP contribution in [0.4, 0.5) is 0 Å². The molecule has 31 heavy (non-hydrogen) atoms. The van der Waals surface area contributed by atoms with Crippen LogP contribution < -0.4 is 0 Å². The fourth-order valence-electron chi connectivity index (χ4n) is 4.12. The second-order valence-electron chi connectivity index (χ2n) is 7.75. The second kappa shape index (κ2) is 7.60. The average Bonchev–Trinajstić information content (AvgIpc) is 3.30. The highest BCUT2D eigenvalue weighted by Crippen LogP contribution is 2.45. The Morgan fingerprint density at radius 3 is 2.45 bits per heavy atom. The van der Waals surface area contributed by atoms with E-state index in [4.69, 9.17) is 11.6 Å². The van der Waals surface area contributed by atoms with Gasteiger partial charge in [0.1, 0.15) is 17.1 Å². The number of carbonyl (C=O) groups is 1. The van der Waals surface area contributed by atoms with Crippen molar-refractivity contribution in [3.8, 4) is 17.0 Å². The van der Waals surface area contributed by atoms with Crippen molar-refractivity contribution in [1.82, 2.24) is 15.1 Å². The van der Waals surface area contributed by atoms with Crippen LogP contribution in [-0.2, 0) is 6.54 Å². The molecule has 0 fully saturated rings. The third-order valence-electron chi connectivity index (χ3n) is 5.68. The number of benzene rings is 3. The lowest BCUT2D eigenvalue weighted by molar-refractivity contribution is 0.0730. The summed E-state index contributed by atoms with van der Waals surface area (Å²) in [6.07, 6.45) is 0. The summed E-state index contributed by atoms with van der Waals surface area (Å²) in [5.41, 5.74) is 5.54. The van der Waals surface area contributed by atoms with Crippen LogP contribution in [0.2, 0.25) is 5.02 Å². The van der Waals surface area contributed by atoms with Gasteiger partial charge in [0.05, 0.1) is 6.04 Å². The van der Waals surface area contributed by atoms with Crippen LogP contribution in [0.5, 0.6) is 5.75 Å². The summed E-state index contributed by atoms with van der Waals surface area (Å²) in [5, 5.41) is 18.4. The molecule has 0 saturated heterocycles. The maximum Gasteiger partial charge on any atom is 0.273 e. The van der Waals surface area contributed by atoms with Gasteiger partial charge in [-0.15, -0.1) is 0 Å². The molecule has 2 N–H and O–H groups in total. The van der Waals surface area contributed by atoms with Gasteiger partial charge in [0.15, 0.2) is 0 Å². The van der Waals surface area contributed by atoms with Gasteiger partial charge in [-0.05, 0) is 42.3 Å². The number of phenols is 1. The minimum absolute atomic E-state index is 0.121. The minimum Gasteiger partial charge on any atom is -0.507 e. The van der Waals surface area contributed by atoms with Crippen LogP contribution >= 0.6 is 11.6 Å². The van der Waals surface area contributed by atoms with Crippen molar-refractivity contribution in [3.63, 3.8) is 0 Å². The molecule has 0 bridgehead atoms. The van der Waals surface area contributed by atoms with Gasteiger partial charge in [-0.1, -0.05) is 65.7 Å². The first-order valence-corrected chi connectivity index (χ1v) is 10.4. The first kappa shape index (κ1) is 19.4. The highest BCUT2D eigenvalue weighted by Gasteiger charge is 2.42. The number of phenolic OH excluding ortho intramolecular Hbond substituents is 1. The number of hydrogen-bond acceptors (Lipinski definition) is 3. The molecule has 154 valence electrons. The van der Waals surface area contributed by atoms with E-state index >= 15 is 0 Å².